The third-order valence-electron chi connectivity index (χ3n) is 4.25. The van der Waals surface area contributed by atoms with E-state index in [0.717, 1.165) is 11.1 Å². The normalized spacial score (nSPS) is 10.8. The molecule has 9 heteroatoms. The van der Waals surface area contributed by atoms with Gasteiger partial charge in [-0.15, -0.1) is 11.3 Å². The smallest absolute Gasteiger partial charge is 0.312 e. The molecule has 1 N–H and O–H groups in total. The fraction of sp³-hybridized carbons (Fsp3) is 0.222. The molecule has 0 aliphatic carbocycles. The second-order valence-corrected chi connectivity index (χ2v) is 7.44. The van der Waals surface area contributed by atoms with Gasteiger partial charge in [0, 0.05) is 10.7 Å². The Labute approximate surface area is 164 Å². The fourth-order valence-electron chi connectivity index (χ4n) is 2.78. The Bertz CT molecular complexity index is 1040. The Balaban J connectivity index is 1.77. The first-order chi connectivity index (χ1) is 12.8. The molecule has 0 fully saturated rings. The van der Waals surface area contributed by atoms with Crippen molar-refractivity contribution < 1.29 is 9.72 Å². The first kappa shape index (κ1) is 19.1. The van der Waals surface area contributed by atoms with Gasteiger partial charge in [0.2, 0.25) is 0 Å². The number of hydrogen-bond acceptors (Lipinski definition) is 5. The Kier molecular flexibility index (Phi) is 5.29. The number of nitro groups is 1. The number of nitrogens with zero attached hydrogens (tertiary/aromatic N) is 3. The second kappa shape index (κ2) is 7.50. The van der Waals surface area contributed by atoms with Crippen LogP contribution in [0.1, 0.15) is 32.2 Å². The van der Waals surface area contributed by atoms with E-state index in [2.05, 4.69) is 10.4 Å². The molecule has 1 amide bonds. The van der Waals surface area contributed by atoms with E-state index in [-0.39, 0.29) is 11.6 Å². The summed E-state index contributed by atoms with van der Waals surface area (Å²) in [5.41, 5.74) is 3.22. The van der Waals surface area contributed by atoms with Crippen molar-refractivity contribution in [3.05, 3.63) is 72.2 Å². The van der Waals surface area contributed by atoms with E-state index < -0.39 is 4.92 Å². The average molecular weight is 405 g/mol. The molecule has 2 heterocycles. The lowest BCUT2D eigenvalue weighted by Gasteiger charge is -2.08. The minimum absolute atomic E-state index is 0.0274. The third-order valence-corrected chi connectivity index (χ3v) is 5.64. The zero-order chi connectivity index (χ0) is 19.7. The quantitative estimate of drug-likeness (QED) is 0.491. The van der Waals surface area contributed by atoms with Crippen molar-refractivity contribution in [3.8, 4) is 0 Å². The van der Waals surface area contributed by atoms with E-state index in [1.807, 2.05) is 12.3 Å². The summed E-state index contributed by atoms with van der Waals surface area (Å²) < 4.78 is 1.58. The first-order valence-corrected chi connectivity index (χ1v) is 9.36. The molecule has 0 aliphatic rings. The lowest BCUT2D eigenvalue weighted by atomic mass is 10.2. The summed E-state index contributed by atoms with van der Waals surface area (Å²) >= 11 is 7.39. The zero-order valence-electron chi connectivity index (χ0n) is 14.9. The van der Waals surface area contributed by atoms with Crippen LogP contribution in [0.25, 0.3) is 0 Å². The maximum Gasteiger partial charge on any atom is 0.312 e. The summed E-state index contributed by atoms with van der Waals surface area (Å²) in [6.07, 6.45) is 0. The molecule has 27 heavy (non-hydrogen) atoms. The lowest BCUT2D eigenvalue weighted by Crippen LogP contribution is -2.11. The lowest BCUT2D eigenvalue weighted by molar-refractivity contribution is -0.386. The summed E-state index contributed by atoms with van der Waals surface area (Å²) in [7, 11) is 0. The standard InChI is InChI=1S/C18H17ClN4O3S/c1-10-14(19)5-4-6-15(10)20-18(24)16-7-13(9-27-16)8-22-12(3)17(23(25)26)11(2)21-22/h4-7,9H,8H2,1-3H3,(H,20,24). The number of carbonyl (C=O) groups is 1. The van der Waals surface area contributed by atoms with E-state index in [4.69, 9.17) is 11.6 Å². The fourth-order valence-corrected chi connectivity index (χ4v) is 3.76. The number of aryl methyl sites for hydroxylation is 1. The summed E-state index contributed by atoms with van der Waals surface area (Å²) in [4.78, 5) is 23.7. The number of amides is 1. The zero-order valence-corrected chi connectivity index (χ0v) is 16.5. The Hall–Kier alpha value is -2.71. The second-order valence-electron chi connectivity index (χ2n) is 6.12. The number of halogens is 1. The van der Waals surface area contributed by atoms with Crippen LogP contribution in [0.3, 0.4) is 0 Å². The molecule has 7 nitrogen and oxygen atoms in total. The molecule has 0 unspecified atom stereocenters. The molecule has 0 aliphatic heterocycles. The van der Waals surface area contributed by atoms with E-state index in [9.17, 15) is 14.9 Å². The van der Waals surface area contributed by atoms with Crippen LogP contribution < -0.4 is 5.32 Å². The van der Waals surface area contributed by atoms with E-state index >= 15 is 0 Å². The first-order valence-electron chi connectivity index (χ1n) is 8.10. The maximum absolute atomic E-state index is 12.5. The predicted octanol–water partition coefficient (Wildman–Crippen LogP) is 4.73. The van der Waals surface area contributed by atoms with Crippen molar-refractivity contribution in [2.75, 3.05) is 5.32 Å². The van der Waals surface area contributed by atoms with Gasteiger partial charge in [-0.2, -0.15) is 5.10 Å². The van der Waals surface area contributed by atoms with Crippen LogP contribution in [0.15, 0.2) is 29.6 Å². The van der Waals surface area contributed by atoms with Crippen molar-refractivity contribution in [2.24, 2.45) is 0 Å². The molecule has 3 aromatic rings. The van der Waals surface area contributed by atoms with Crippen LogP contribution in [-0.2, 0) is 6.54 Å². The highest BCUT2D eigenvalue weighted by atomic mass is 35.5. The molecule has 1 aromatic carbocycles. The van der Waals surface area contributed by atoms with Crippen molar-refractivity contribution >= 4 is 40.2 Å². The van der Waals surface area contributed by atoms with Gasteiger partial charge in [-0.3, -0.25) is 19.6 Å². The number of hydrogen-bond donors (Lipinski definition) is 1. The number of carbonyl (C=O) groups excluding carboxylic acids is 1. The summed E-state index contributed by atoms with van der Waals surface area (Å²) in [6.45, 7) is 5.48. The molecule has 0 saturated carbocycles. The van der Waals surface area contributed by atoms with E-state index in [1.165, 1.54) is 11.3 Å². The molecular weight excluding hydrogens is 388 g/mol. The highest BCUT2D eigenvalue weighted by molar-refractivity contribution is 7.12. The van der Waals surface area contributed by atoms with Crippen LogP contribution >= 0.6 is 22.9 Å². The topological polar surface area (TPSA) is 90.1 Å². The number of thiophene rings is 1. The Morgan fingerprint density at radius 1 is 1.37 bits per heavy atom. The largest absolute Gasteiger partial charge is 0.321 e. The summed E-state index contributed by atoms with van der Waals surface area (Å²) in [5, 5.41) is 20.7. The van der Waals surface area contributed by atoms with Gasteiger partial charge in [0.05, 0.1) is 16.3 Å². The minimum Gasteiger partial charge on any atom is -0.321 e. The molecule has 3 rings (SSSR count). The van der Waals surface area contributed by atoms with Crippen LogP contribution in [0.2, 0.25) is 5.02 Å². The molecule has 2 aromatic heterocycles. The van der Waals surface area contributed by atoms with Crippen LogP contribution in [0.4, 0.5) is 11.4 Å². The molecule has 140 valence electrons. The van der Waals surface area contributed by atoms with Crippen LogP contribution in [0.5, 0.6) is 0 Å². The van der Waals surface area contributed by atoms with Gasteiger partial charge in [0.15, 0.2) is 0 Å². The Morgan fingerprint density at radius 2 is 2.11 bits per heavy atom. The van der Waals surface area contributed by atoms with Gasteiger partial charge >= 0.3 is 5.69 Å². The van der Waals surface area contributed by atoms with Gasteiger partial charge < -0.3 is 5.32 Å². The van der Waals surface area contributed by atoms with Crippen molar-refractivity contribution in [1.82, 2.24) is 9.78 Å². The predicted molar refractivity (Wildman–Crippen MR) is 106 cm³/mol. The monoisotopic (exact) mass is 404 g/mol. The van der Waals surface area contributed by atoms with E-state index in [0.29, 0.717) is 33.5 Å². The molecule has 0 atom stereocenters. The summed E-state index contributed by atoms with van der Waals surface area (Å²) in [6, 6.07) is 7.11. The minimum atomic E-state index is -0.423. The van der Waals surface area contributed by atoms with Crippen molar-refractivity contribution in [3.63, 3.8) is 0 Å². The van der Waals surface area contributed by atoms with Crippen LogP contribution in [-0.4, -0.2) is 20.6 Å². The van der Waals surface area contributed by atoms with Crippen molar-refractivity contribution in [1.29, 1.82) is 0 Å². The SMILES string of the molecule is Cc1nn(Cc2csc(C(=O)Nc3cccc(Cl)c3C)c2)c(C)c1[N+](=O)[O-]. The van der Waals surface area contributed by atoms with Gasteiger partial charge in [0.1, 0.15) is 11.4 Å². The number of benzene rings is 1. The molecule has 0 bridgehead atoms. The van der Waals surface area contributed by atoms with Crippen molar-refractivity contribution in [2.45, 2.75) is 27.3 Å². The number of anilines is 1. The maximum atomic E-state index is 12.5. The Morgan fingerprint density at radius 3 is 2.78 bits per heavy atom. The van der Waals surface area contributed by atoms with E-state index in [1.54, 1.807) is 42.8 Å². The van der Waals surface area contributed by atoms with Gasteiger partial charge in [-0.05, 0) is 55.5 Å². The van der Waals surface area contributed by atoms with Crippen LogP contribution in [0, 0.1) is 30.9 Å². The average Bonchev–Trinajstić information content (AvgIpc) is 3.17. The molecule has 0 radical (unpaired) electrons. The van der Waals surface area contributed by atoms with Gasteiger partial charge in [0.25, 0.3) is 5.91 Å². The number of rotatable bonds is 5. The summed E-state index contributed by atoms with van der Waals surface area (Å²) in [5.74, 6) is -0.226. The van der Waals surface area contributed by atoms with Gasteiger partial charge in [-0.25, -0.2) is 0 Å². The highest BCUT2D eigenvalue weighted by Crippen LogP contribution is 2.26. The molecular formula is C18H17ClN4O3S. The number of nitrogens with one attached hydrogen (secondary N) is 1. The number of aromatic nitrogens is 2. The molecule has 0 saturated heterocycles. The third kappa shape index (κ3) is 3.86. The molecule has 0 spiro atoms. The highest BCUT2D eigenvalue weighted by Gasteiger charge is 2.22. The van der Waals surface area contributed by atoms with Gasteiger partial charge in [-0.1, -0.05) is 17.7 Å².